The molecule has 138 valence electrons. The third-order valence-electron chi connectivity index (χ3n) is 4.31. The number of nitrogens with zero attached hydrogens (tertiary/aromatic N) is 2. The molecule has 0 aliphatic carbocycles. The number of benzene rings is 3. The summed E-state index contributed by atoms with van der Waals surface area (Å²) in [6.45, 7) is 2.03. The Morgan fingerprint density at radius 1 is 1.07 bits per heavy atom. The number of hydrogen-bond donors (Lipinski definition) is 2. The molecular weight excluding hydrogens is 355 g/mol. The topological polar surface area (TPSA) is 70.1 Å². The highest BCUT2D eigenvalue weighted by Crippen LogP contribution is 2.21. The molecule has 0 saturated heterocycles. The van der Waals surface area contributed by atoms with Gasteiger partial charge in [-0.15, -0.1) is 0 Å². The van der Waals surface area contributed by atoms with Crippen molar-refractivity contribution in [3.8, 4) is 11.4 Å². The zero-order chi connectivity index (χ0) is 19.5. The molecule has 1 heterocycles. The average molecular weight is 372 g/mol. The van der Waals surface area contributed by atoms with Gasteiger partial charge in [-0.05, 0) is 54.4 Å². The number of hydrogen-bond acceptors (Lipinski definition) is 3. The van der Waals surface area contributed by atoms with E-state index in [1.54, 1.807) is 24.3 Å². The first-order valence-electron chi connectivity index (χ1n) is 8.74. The molecule has 5 nitrogen and oxygen atoms in total. The summed E-state index contributed by atoms with van der Waals surface area (Å²) in [6, 6.07) is 19.0. The predicted octanol–water partition coefficient (Wildman–Crippen LogP) is 4.44. The van der Waals surface area contributed by atoms with Crippen molar-refractivity contribution in [3.05, 3.63) is 89.2 Å². The fourth-order valence-electron chi connectivity index (χ4n) is 2.82. The van der Waals surface area contributed by atoms with E-state index in [0.29, 0.717) is 11.1 Å². The van der Waals surface area contributed by atoms with Crippen LogP contribution in [0.3, 0.4) is 0 Å². The summed E-state index contributed by atoms with van der Waals surface area (Å²) in [5.41, 5.74) is 7.56. The normalized spacial score (nSPS) is 11.2. The number of carbonyl (C=O) groups is 1. The van der Waals surface area contributed by atoms with Crippen molar-refractivity contribution < 1.29 is 9.18 Å². The van der Waals surface area contributed by atoms with Gasteiger partial charge in [-0.3, -0.25) is 4.79 Å². The Balaban J connectivity index is 1.45. The molecule has 0 aliphatic heterocycles. The Labute approximate surface area is 160 Å². The van der Waals surface area contributed by atoms with Gasteiger partial charge in [-0.2, -0.15) is 5.10 Å². The number of carbonyl (C=O) groups excluding carboxylic acids is 1. The Morgan fingerprint density at radius 2 is 1.82 bits per heavy atom. The van der Waals surface area contributed by atoms with Crippen LogP contribution in [-0.2, 0) is 0 Å². The molecule has 0 fully saturated rings. The SMILES string of the molecule is Cc1ccc2nc(-c3ccc(C(=O)N/N=C\c4ccc(F)cc4)cc3)[nH]c2c1. The lowest BCUT2D eigenvalue weighted by molar-refractivity contribution is 0.0955. The third kappa shape index (κ3) is 3.81. The summed E-state index contributed by atoms with van der Waals surface area (Å²) in [5, 5.41) is 3.90. The number of hydrazone groups is 1. The number of aromatic nitrogens is 2. The van der Waals surface area contributed by atoms with Gasteiger partial charge in [0.1, 0.15) is 11.6 Å². The second-order valence-electron chi connectivity index (χ2n) is 6.43. The molecule has 6 heteroatoms. The summed E-state index contributed by atoms with van der Waals surface area (Å²) in [4.78, 5) is 20.1. The van der Waals surface area contributed by atoms with Crippen LogP contribution in [0, 0.1) is 12.7 Å². The number of amides is 1. The molecule has 4 aromatic rings. The quantitative estimate of drug-likeness (QED) is 0.411. The van der Waals surface area contributed by atoms with Gasteiger partial charge in [0.15, 0.2) is 0 Å². The molecule has 0 saturated carbocycles. The highest BCUT2D eigenvalue weighted by Gasteiger charge is 2.08. The van der Waals surface area contributed by atoms with Crippen LogP contribution in [0.4, 0.5) is 4.39 Å². The summed E-state index contributed by atoms with van der Waals surface area (Å²) in [6.07, 6.45) is 1.46. The van der Waals surface area contributed by atoms with E-state index < -0.39 is 0 Å². The lowest BCUT2D eigenvalue weighted by Crippen LogP contribution is -2.17. The van der Waals surface area contributed by atoms with Crippen molar-refractivity contribution in [1.82, 2.24) is 15.4 Å². The van der Waals surface area contributed by atoms with Crippen molar-refractivity contribution >= 4 is 23.2 Å². The van der Waals surface area contributed by atoms with Crippen LogP contribution in [0.1, 0.15) is 21.5 Å². The van der Waals surface area contributed by atoms with E-state index in [1.165, 1.54) is 18.3 Å². The lowest BCUT2D eigenvalue weighted by Gasteiger charge is -2.01. The number of halogens is 1. The van der Waals surface area contributed by atoms with Gasteiger partial charge in [0.25, 0.3) is 5.91 Å². The second-order valence-corrected chi connectivity index (χ2v) is 6.43. The number of imidazole rings is 1. The molecule has 4 rings (SSSR count). The van der Waals surface area contributed by atoms with Crippen molar-refractivity contribution in [1.29, 1.82) is 0 Å². The van der Waals surface area contributed by atoms with Gasteiger partial charge in [-0.25, -0.2) is 14.8 Å². The van der Waals surface area contributed by atoms with E-state index >= 15 is 0 Å². The number of nitrogens with one attached hydrogen (secondary N) is 2. The van der Waals surface area contributed by atoms with E-state index in [2.05, 4.69) is 20.5 Å². The molecule has 0 aliphatic rings. The van der Waals surface area contributed by atoms with Crippen molar-refractivity contribution in [2.75, 3.05) is 0 Å². The number of rotatable bonds is 4. The number of fused-ring (bicyclic) bond motifs is 1. The summed E-state index contributed by atoms with van der Waals surface area (Å²) in [5.74, 6) is 0.105. The van der Waals surface area contributed by atoms with Gasteiger partial charge in [0.2, 0.25) is 0 Å². The minimum absolute atomic E-state index is 0.319. The number of H-pyrrole nitrogens is 1. The van der Waals surface area contributed by atoms with Gasteiger partial charge in [0, 0.05) is 11.1 Å². The Kier molecular flexibility index (Phi) is 4.68. The van der Waals surface area contributed by atoms with Gasteiger partial charge < -0.3 is 4.98 Å². The highest BCUT2D eigenvalue weighted by molar-refractivity contribution is 5.95. The van der Waals surface area contributed by atoms with Crippen LogP contribution in [0.2, 0.25) is 0 Å². The first-order valence-corrected chi connectivity index (χ1v) is 8.74. The average Bonchev–Trinajstić information content (AvgIpc) is 3.12. The number of aromatic amines is 1. The molecule has 0 bridgehead atoms. The van der Waals surface area contributed by atoms with Crippen LogP contribution >= 0.6 is 0 Å². The zero-order valence-corrected chi connectivity index (χ0v) is 15.1. The Morgan fingerprint density at radius 3 is 2.57 bits per heavy atom. The Bertz CT molecular complexity index is 1160. The van der Waals surface area contributed by atoms with Gasteiger partial charge >= 0.3 is 0 Å². The van der Waals surface area contributed by atoms with E-state index in [-0.39, 0.29) is 11.7 Å². The summed E-state index contributed by atoms with van der Waals surface area (Å²) in [7, 11) is 0. The molecule has 2 N–H and O–H groups in total. The van der Waals surface area contributed by atoms with Crippen LogP contribution in [0.25, 0.3) is 22.4 Å². The van der Waals surface area contributed by atoms with Crippen molar-refractivity contribution in [2.45, 2.75) is 6.92 Å². The minimum atomic E-state index is -0.329. The fraction of sp³-hybridized carbons (Fsp3) is 0.0455. The molecule has 0 radical (unpaired) electrons. The van der Waals surface area contributed by atoms with Crippen LogP contribution in [-0.4, -0.2) is 22.1 Å². The molecule has 0 atom stereocenters. The second kappa shape index (κ2) is 7.44. The maximum Gasteiger partial charge on any atom is 0.271 e. The molecule has 0 unspecified atom stereocenters. The lowest BCUT2D eigenvalue weighted by atomic mass is 10.1. The molecular formula is C22H17FN4O. The first-order chi connectivity index (χ1) is 13.6. The predicted molar refractivity (Wildman–Crippen MR) is 108 cm³/mol. The number of aryl methyl sites for hydroxylation is 1. The van der Waals surface area contributed by atoms with Crippen LogP contribution in [0.15, 0.2) is 71.8 Å². The van der Waals surface area contributed by atoms with Crippen molar-refractivity contribution in [3.63, 3.8) is 0 Å². The minimum Gasteiger partial charge on any atom is -0.338 e. The maximum atomic E-state index is 12.9. The smallest absolute Gasteiger partial charge is 0.271 e. The molecule has 28 heavy (non-hydrogen) atoms. The maximum absolute atomic E-state index is 12.9. The zero-order valence-electron chi connectivity index (χ0n) is 15.1. The first kappa shape index (κ1) is 17.6. The summed E-state index contributed by atoms with van der Waals surface area (Å²) < 4.78 is 12.9. The van der Waals surface area contributed by atoms with E-state index in [9.17, 15) is 9.18 Å². The van der Waals surface area contributed by atoms with E-state index in [0.717, 1.165) is 28.0 Å². The van der Waals surface area contributed by atoms with Crippen LogP contribution < -0.4 is 5.43 Å². The Hall–Kier alpha value is -3.80. The molecule has 0 spiro atoms. The van der Waals surface area contributed by atoms with E-state index in [4.69, 9.17) is 0 Å². The fourth-order valence-corrected chi connectivity index (χ4v) is 2.82. The molecule has 3 aromatic carbocycles. The van der Waals surface area contributed by atoms with Crippen molar-refractivity contribution in [2.24, 2.45) is 5.10 Å². The van der Waals surface area contributed by atoms with Gasteiger partial charge in [0.05, 0.1) is 17.2 Å². The molecule has 1 amide bonds. The third-order valence-corrected chi connectivity index (χ3v) is 4.31. The summed E-state index contributed by atoms with van der Waals surface area (Å²) >= 11 is 0. The largest absolute Gasteiger partial charge is 0.338 e. The van der Waals surface area contributed by atoms with E-state index in [1.807, 2.05) is 37.3 Å². The monoisotopic (exact) mass is 372 g/mol. The van der Waals surface area contributed by atoms with Crippen LogP contribution in [0.5, 0.6) is 0 Å². The highest BCUT2D eigenvalue weighted by atomic mass is 19.1. The molecule has 1 aromatic heterocycles. The van der Waals surface area contributed by atoms with Gasteiger partial charge in [-0.1, -0.05) is 30.3 Å². The standard InChI is InChI=1S/C22H17FN4O/c1-14-2-11-19-20(12-14)26-21(25-19)16-5-7-17(8-6-16)22(28)27-24-13-15-3-9-18(23)10-4-15/h2-13H,1H3,(H,25,26)(H,27,28)/b24-13-.